The molecule has 5 nitrogen and oxygen atoms in total. The molecule has 134 valence electrons. The van der Waals surface area contributed by atoms with Crippen molar-refractivity contribution >= 4 is 12.2 Å². The molecule has 4 atom stereocenters. The molecule has 0 radical (unpaired) electrons. The van der Waals surface area contributed by atoms with Crippen molar-refractivity contribution in [2.45, 2.75) is 50.5 Å². The van der Waals surface area contributed by atoms with E-state index in [9.17, 15) is 5.11 Å². The van der Waals surface area contributed by atoms with Gasteiger partial charge >= 0.3 is 0 Å². The number of hydrazone groups is 1. The normalized spacial score (nSPS) is 37.6. The van der Waals surface area contributed by atoms with Crippen molar-refractivity contribution < 1.29 is 5.11 Å². The Labute approximate surface area is 149 Å². The number of nitrogens with one attached hydrogen (secondary N) is 2. The lowest BCUT2D eigenvalue weighted by atomic mass is 9.59. The molecular weight excluding hydrogens is 312 g/mol. The van der Waals surface area contributed by atoms with Crippen molar-refractivity contribution in [1.29, 1.82) is 0 Å². The molecule has 0 saturated heterocycles. The summed E-state index contributed by atoms with van der Waals surface area (Å²) in [6, 6.07) is 10.7. The van der Waals surface area contributed by atoms with Crippen LogP contribution in [0, 0.1) is 11.3 Å². The van der Waals surface area contributed by atoms with Crippen LogP contribution in [0.15, 0.2) is 40.4 Å². The van der Waals surface area contributed by atoms with Crippen LogP contribution in [0.25, 0.3) is 0 Å². The highest BCUT2D eigenvalue weighted by Gasteiger charge is 2.58. The molecule has 1 aromatic rings. The second kappa shape index (κ2) is 6.45. The Bertz CT molecular complexity index is 674. The average molecular weight is 340 g/mol. The Hall–Kier alpha value is -1.88. The van der Waals surface area contributed by atoms with E-state index in [0.717, 1.165) is 51.2 Å². The SMILES string of the molecule is C[C@]12CC[C@H](c3ccccc3)C[C@@]1(O)CC[C@@H]2C=NNC1=NCCN1. The fourth-order valence-corrected chi connectivity index (χ4v) is 4.99. The quantitative estimate of drug-likeness (QED) is 0.585. The lowest BCUT2D eigenvalue weighted by Crippen LogP contribution is -2.49. The molecule has 1 heterocycles. The van der Waals surface area contributed by atoms with Crippen LogP contribution in [-0.2, 0) is 0 Å². The van der Waals surface area contributed by atoms with Crippen molar-refractivity contribution in [1.82, 2.24) is 10.7 Å². The average Bonchev–Trinajstić information content (AvgIpc) is 3.23. The Kier molecular flexibility index (Phi) is 4.28. The number of fused-ring (bicyclic) bond motifs is 1. The van der Waals surface area contributed by atoms with Crippen molar-refractivity contribution in [2.24, 2.45) is 21.4 Å². The standard InChI is InChI=1S/C20H28N4O/c1-19-9-7-16(15-5-3-2-4-6-15)13-20(19,25)10-8-17(19)14-23-24-18-21-11-12-22-18/h2-6,14,16-17,25H,7-13H2,1H3,(H2,21,22,24)/t16-,17+,19+,20-/m0/s1. The van der Waals surface area contributed by atoms with Gasteiger partial charge in [-0.15, -0.1) is 0 Å². The van der Waals surface area contributed by atoms with Crippen molar-refractivity contribution in [3.8, 4) is 0 Å². The van der Waals surface area contributed by atoms with E-state index < -0.39 is 5.60 Å². The zero-order valence-electron chi connectivity index (χ0n) is 14.9. The summed E-state index contributed by atoms with van der Waals surface area (Å²) in [5.41, 5.74) is 3.68. The van der Waals surface area contributed by atoms with Crippen LogP contribution in [0.5, 0.6) is 0 Å². The third-order valence-corrected chi connectivity index (χ3v) is 6.72. The number of benzene rings is 1. The highest BCUT2D eigenvalue weighted by molar-refractivity contribution is 5.81. The molecule has 0 spiro atoms. The molecule has 0 unspecified atom stereocenters. The van der Waals surface area contributed by atoms with E-state index >= 15 is 0 Å². The molecule has 2 aliphatic carbocycles. The molecule has 3 aliphatic rings. The maximum absolute atomic E-state index is 11.5. The topological polar surface area (TPSA) is 69.0 Å². The summed E-state index contributed by atoms with van der Waals surface area (Å²) in [6.07, 6.45) is 6.90. The number of rotatable bonds is 3. The first-order valence-corrected chi connectivity index (χ1v) is 9.46. The number of aliphatic hydroxyl groups is 1. The van der Waals surface area contributed by atoms with Crippen LogP contribution in [-0.4, -0.2) is 36.0 Å². The molecule has 2 saturated carbocycles. The summed E-state index contributed by atoms with van der Waals surface area (Å²) in [6.45, 7) is 3.93. The van der Waals surface area contributed by atoms with Gasteiger partial charge in [0.15, 0.2) is 0 Å². The Balaban J connectivity index is 1.46. The Morgan fingerprint density at radius 2 is 2.12 bits per heavy atom. The second-order valence-corrected chi connectivity index (χ2v) is 7.99. The van der Waals surface area contributed by atoms with Gasteiger partial charge in [0.2, 0.25) is 5.96 Å². The summed E-state index contributed by atoms with van der Waals surface area (Å²) in [7, 11) is 0. The van der Waals surface area contributed by atoms with Gasteiger partial charge in [-0.2, -0.15) is 5.10 Å². The van der Waals surface area contributed by atoms with Crippen LogP contribution < -0.4 is 10.7 Å². The summed E-state index contributed by atoms with van der Waals surface area (Å²) >= 11 is 0. The van der Waals surface area contributed by atoms with Crippen LogP contribution in [0.4, 0.5) is 0 Å². The van der Waals surface area contributed by atoms with E-state index in [1.807, 2.05) is 6.21 Å². The maximum atomic E-state index is 11.5. The van der Waals surface area contributed by atoms with Gasteiger partial charge in [0.05, 0.1) is 12.1 Å². The second-order valence-electron chi connectivity index (χ2n) is 7.99. The third-order valence-electron chi connectivity index (χ3n) is 6.72. The minimum absolute atomic E-state index is 0.0889. The lowest BCUT2D eigenvalue weighted by Gasteiger charge is -2.49. The van der Waals surface area contributed by atoms with Crippen LogP contribution in [0.3, 0.4) is 0 Å². The van der Waals surface area contributed by atoms with E-state index in [1.165, 1.54) is 5.56 Å². The summed E-state index contributed by atoms with van der Waals surface area (Å²) < 4.78 is 0. The minimum atomic E-state index is -0.592. The van der Waals surface area contributed by atoms with Gasteiger partial charge in [0.25, 0.3) is 0 Å². The Morgan fingerprint density at radius 1 is 1.28 bits per heavy atom. The first kappa shape index (κ1) is 16.6. The molecule has 3 N–H and O–H groups in total. The van der Waals surface area contributed by atoms with Crippen molar-refractivity contribution in [3.05, 3.63) is 35.9 Å². The maximum Gasteiger partial charge on any atom is 0.212 e. The van der Waals surface area contributed by atoms with Gasteiger partial charge in [0.1, 0.15) is 0 Å². The largest absolute Gasteiger partial charge is 0.389 e. The number of nitrogens with zero attached hydrogens (tertiary/aromatic N) is 2. The van der Waals surface area contributed by atoms with Gasteiger partial charge in [-0.3, -0.25) is 0 Å². The zero-order chi connectivity index (χ0) is 17.3. The van der Waals surface area contributed by atoms with Crippen LogP contribution in [0.1, 0.15) is 50.5 Å². The zero-order valence-corrected chi connectivity index (χ0v) is 14.9. The van der Waals surface area contributed by atoms with Crippen LogP contribution >= 0.6 is 0 Å². The predicted octanol–water partition coefficient (Wildman–Crippen LogP) is 2.64. The number of aliphatic imine (C=N–C) groups is 1. The predicted molar refractivity (Wildman–Crippen MR) is 101 cm³/mol. The monoisotopic (exact) mass is 340 g/mol. The summed E-state index contributed by atoms with van der Waals surface area (Å²) in [5, 5.41) is 19.0. The lowest BCUT2D eigenvalue weighted by molar-refractivity contribution is -0.0957. The minimum Gasteiger partial charge on any atom is -0.389 e. The van der Waals surface area contributed by atoms with Crippen LogP contribution in [0.2, 0.25) is 0 Å². The number of hydrogen-bond acceptors (Lipinski definition) is 5. The first-order chi connectivity index (χ1) is 12.1. The fourth-order valence-electron chi connectivity index (χ4n) is 4.99. The van der Waals surface area contributed by atoms with Gasteiger partial charge in [-0.05, 0) is 43.6 Å². The molecule has 0 amide bonds. The third kappa shape index (κ3) is 2.95. The van der Waals surface area contributed by atoms with Gasteiger partial charge in [-0.25, -0.2) is 10.4 Å². The number of guanidine groups is 1. The van der Waals surface area contributed by atoms with E-state index in [4.69, 9.17) is 0 Å². The number of hydrogen-bond donors (Lipinski definition) is 3. The molecular formula is C20H28N4O. The van der Waals surface area contributed by atoms with Crippen molar-refractivity contribution in [3.63, 3.8) is 0 Å². The summed E-state index contributed by atoms with van der Waals surface area (Å²) in [4.78, 5) is 4.29. The molecule has 4 rings (SSSR count). The smallest absolute Gasteiger partial charge is 0.212 e. The molecule has 0 bridgehead atoms. The molecule has 0 aromatic heterocycles. The first-order valence-electron chi connectivity index (χ1n) is 9.46. The van der Waals surface area contributed by atoms with Gasteiger partial charge in [-0.1, -0.05) is 37.3 Å². The van der Waals surface area contributed by atoms with E-state index in [-0.39, 0.29) is 5.41 Å². The fraction of sp³-hybridized carbons (Fsp3) is 0.600. The van der Waals surface area contributed by atoms with Crippen molar-refractivity contribution in [2.75, 3.05) is 13.1 Å². The van der Waals surface area contributed by atoms with E-state index in [1.54, 1.807) is 0 Å². The van der Waals surface area contributed by atoms with E-state index in [2.05, 4.69) is 58.1 Å². The molecule has 5 heteroatoms. The summed E-state index contributed by atoms with van der Waals surface area (Å²) in [5.74, 6) is 1.52. The Morgan fingerprint density at radius 3 is 2.88 bits per heavy atom. The van der Waals surface area contributed by atoms with E-state index in [0.29, 0.717) is 11.8 Å². The van der Waals surface area contributed by atoms with Gasteiger partial charge in [0, 0.05) is 24.1 Å². The highest BCUT2D eigenvalue weighted by Crippen LogP contribution is 2.60. The highest BCUT2D eigenvalue weighted by atomic mass is 16.3. The molecule has 2 fully saturated rings. The van der Waals surface area contributed by atoms with Gasteiger partial charge < -0.3 is 10.4 Å². The molecule has 1 aromatic carbocycles. The molecule has 25 heavy (non-hydrogen) atoms. The molecule has 1 aliphatic heterocycles.